The Labute approximate surface area is 232 Å². The third kappa shape index (κ3) is 5.85. The van der Waals surface area contributed by atoms with Crippen LogP contribution in [0.1, 0.15) is 44.9 Å². The van der Waals surface area contributed by atoms with Gasteiger partial charge in [-0.25, -0.2) is 9.48 Å². The number of anilines is 1. The fourth-order valence-electron chi connectivity index (χ4n) is 3.81. The van der Waals surface area contributed by atoms with Crippen LogP contribution in [0.2, 0.25) is 10.0 Å². The summed E-state index contributed by atoms with van der Waals surface area (Å²) in [7, 11) is 0. The summed E-state index contributed by atoms with van der Waals surface area (Å²) in [5.74, 6) is 1.50. The second-order valence-electron chi connectivity index (χ2n) is 8.32. The molecule has 0 bridgehead atoms. The third-order valence-corrected chi connectivity index (χ3v) is 7.13. The van der Waals surface area contributed by atoms with Crippen LogP contribution in [0.4, 0.5) is 5.95 Å². The summed E-state index contributed by atoms with van der Waals surface area (Å²) in [6.45, 7) is 7.72. The van der Waals surface area contributed by atoms with Crippen molar-refractivity contribution < 1.29 is 14.3 Å². The Hall–Kier alpha value is -2.20. The van der Waals surface area contributed by atoms with Gasteiger partial charge < -0.3 is 14.8 Å². The number of halogens is 3. The second-order valence-corrected chi connectivity index (χ2v) is 11.3. The number of benzene rings is 2. The third-order valence-electron chi connectivity index (χ3n) is 5.33. The van der Waals surface area contributed by atoms with E-state index in [1.54, 1.807) is 16.8 Å². The monoisotopic (exact) mass is 610 g/mol. The molecule has 7 nitrogen and oxygen atoms in total. The molecule has 2 aromatic carbocycles. The maximum Gasteiger partial charge on any atom is 0.338 e. The lowest BCUT2D eigenvalue weighted by atomic mass is 9.95. The number of fused-ring (bicyclic) bond motifs is 1. The quantitative estimate of drug-likeness (QED) is 0.212. The molecule has 1 N–H and O–H groups in total. The molecule has 1 atom stereocenters. The Morgan fingerprint density at radius 1 is 1.25 bits per heavy atom. The van der Waals surface area contributed by atoms with Gasteiger partial charge in [-0.05, 0) is 56.9 Å². The van der Waals surface area contributed by atoms with E-state index >= 15 is 0 Å². The van der Waals surface area contributed by atoms with Gasteiger partial charge in [-0.1, -0.05) is 63.9 Å². The van der Waals surface area contributed by atoms with Crippen LogP contribution >= 0.6 is 50.9 Å². The van der Waals surface area contributed by atoms with E-state index in [1.165, 1.54) is 11.8 Å². The van der Waals surface area contributed by atoms with E-state index in [0.29, 0.717) is 38.2 Å². The van der Waals surface area contributed by atoms with Gasteiger partial charge in [0.2, 0.25) is 11.1 Å². The van der Waals surface area contributed by atoms with Gasteiger partial charge in [0, 0.05) is 31.3 Å². The normalized spacial score (nSPS) is 15.1. The summed E-state index contributed by atoms with van der Waals surface area (Å²) in [5, 5.41) is 9.61. The number of esters is 1. The molecule has 0 aliphatic carbocycles. The predicted molar refractivity (Wildman–Crippen MR) is 147 cm³/mol. The van der Waals surface area contributed by atoms with Crippen molar-refractivity contribution in [3.05, 3.63) is 73.3 Å². The standard InChI is InChI=1S/C25H25BrCl2N4O3S/c1-5-36-25-30-24-29-14(4)21(23(33)35-13(2)3)22(32(24)31-25)18-10-16(26)7-9-20(18)34-12-15-6-8-17(27)11-19(15)28/h6-11,13,22H,5,12H2,1-4H3,(H,29,30,31). The number of ether oxygens (including phenoxy) is 2. The molecule has 190 valence electrons. The molecule has 1 aromatic heterocycles. The first-order valence-corrected chi connectivity index (χ1v) is 13.9. The SMILES string of the molecule is CCSc1nc2n(n1)C(c1cc(Br)ccc1OCc1ccc(Cl)cc1Cl)C(C(=O)OC(C)C)=C(C)N2. The first-order valence-electron chi connectivity index (χ1n) is 11.3. The van der Waals surface area contributed by atoms with Gasteiger partial charge in [-0.3, -0.25) is 0 Å². The van der Waals surface area contributed by atoms with Gasteiger partial charge in [0.15, 0.2) is 0 Å². The zero-order valence-electron chi connectivity index (χ0n) is 20.1. The molecule has 11 heteroatoms. The fourth-order valence-corrected chi connectivity index (χ4v) is 5.21. The average molecular weight is 612 g/mol. The van der Waals surface area contributed by atoms with Crippen LogP contribution in [0.15, 0.2) is 57.3 Å². The Bertz CT molecular complexity index is 1330. The molecule has 1 unspecified atom stereocenters. The molecule has 2 heterocycles. The van der Waals surface area contributed by atoms with Crippen LogP contribution in [0.3, 0.4) is 0 Å². The molecule has 1 aliphatic heterocycles. The van der Waals surface area contributed by atoms with E-state index in [4.69, 9.17) is 37.8 Å². The average Bonchev–Trinajstić information content (AvgIpc) is 3.19. The first-order chi connectivity index (χ1) is 17.2. The minimum Gasteiger partial charge on any atom is -0.488 e. The van der Waals surface area contributed by atoms with Gasteiger partial charge in [0.1, 0.15) is 18.4 Å². The topological polar surface area (TPSA) is 78.3 Å². The van der Waals surface area contributed by atoms with Crippen molar-refractivity contribution in [1.82, 2.24) is 14.8 Å². The number of nitrogens with zero attached hydrogens (tertiary/aromatic N) is 3. The summed E-state index contributed by atoms with van der Waals surface area (Å²) >= 11 is 17.5. The largest absolute Gasteiger partial charge is 0.488 e. The number of carbonyl (C=O) groups is 1. The molecule has 4 rings (SSSR count). The molecule has 0 fully saturated rings. The maximum absolute atomic E-state index is 13.3. The van der Waals surface area contributed by atoms with Gasteiger partial charge in [-0.2, -0.15) is 4.98 Å². The molecule has 0 saturated carbocycles. The van der Waals surface area contributed by atoms with E-state index in [-0.39, 0.29) is 12.7 Å². The number of aromatic nitrogens is 3. The maximum atomic E-state index is 13.3. The van der Waals surface area contributed by atoms with Crippen LogP contribution in [0, 0.1) is 0 Å². The lowest BCUT2D eigenvalue weighted by Gasteiger charge is -2.29. The minimum absolute atomic E-state index is 0.214. The number of hydrogen-bond donors (Lipinski definition) is 1. The zero-order valence-corrected chi connectivity index (χ0v) is 24.1. The van der Waals surface area contributed by atoms with Crippen LogP contribution < -0.4 is 10.1 Å². The first kappa shape index (κ1) is 26.9. The Kier molecular flexibility index (Phi) is 8.55. The summed E-state index contributed by atoms with van der Waals surface area (Å²) in [4.78, 5) is 17.9. The Balaban J connectivity index is 1.81. The van der Waals surface area contributed by atoms with E-state index in [1.807, 2.05) is 52.0 Å². The predicted octanol–water partition coefficient (Wildman–Crippen LogP) is 7.28. The molecule has 0 radical (unpaired) electrons. The molecule has 1 aliphatic rings. The van der Waals surface area contributed by atoms with Crippen LogP contribution in [0.5, 0.6) is 5.75 Å². The van der Waals surface area contributed by atoms with Crippen molar-refractivity contribution in [1.29, 1.82) is 0 Å². The van der Waals surface area contributed by atoms with Crippen molar-refractivity contribution >= 4 is 62.8 Å². The molecule has 36 heavy (non-hydrogen) atoms. The summed E-state index contributed by atoms with van der Waals surface area (Å²) in [6.07, 6.45) is -0.285. The van der Waals surface area contributed by atoms with Gasteiger partial charge >= 0.3 is 5.97 Å². The van der Waals surface area contributed by atoms with Crippen molar-refractivity contribution in [2.24, 2.45) is 0 Å². The molecule has 0 saturated heterocycles. The van der Waals surface area contributed by atoms with E-state index in [0.717, 1.165) is 21.4 Å². The van der Waals surface area contributed by atoms with Crippen LogP contribution in [0.25, 0.3) is 0 Å². The van der Waals surface area contributed by atoms with Gasteiger partial charge in [-0.15, -0.1) is 5.10 Å². The summed E-state index contributed by atoms with van der Waals surface area (Å²) in [6, 6.07) is 10.3. The Morgan fingerprint density at radius 3 is 2.72 bits per heavy atom. The number of nitrogens with one attached hydrogen (secondary N) is 1. The number of hydrogen-bond acceptors (Lipinski definition) is 7. The Morgan fingerprint density at radius 2 is 2.03 bits per heavy atom. The zero-order chi connectivity index (χ0) is 26.0. The molecular weight excluding hydrogens is 587 g/mol. The number of rotatable bonds is 8. The van der Waals surface area contributed by atoms with Crippen molar-refractivity contribution in [2.75, 3.05) is 11.1 Å². The smallest absolute Gasteiger partial charge is 0.338 e. The lowest BCUT2D eigenvalue weighted by molar-refractivity contribution is -0.143. The van der Waals surface area contributed by atoms with Crippen LogP contribution in [-0.2, 0) is 16.1 Å². The highest BCUT2D eigenvalue weighted by Gasteiger charge is 2.37. The minimum atomic E-state index is -0.626. The van der Waals surface area contributed by atoms with Gasteiger partial charge in [0.25, 0.3) is 0 Å². The van der Waals surface area contributed by atoms with Crippen molar-refractivity contribution in [3.8, 4) is 5.75 Å². The highest BCUT2D eigenvalue weighted by Crippen LogP contribution is 2.41. The van der Waals surface area contributed by atoms with E-state index in [2.05, 4.69) is 26.2 Å². The molecule has 3 aromatic rings. The summed E-state index contributed by atoms with van der Waals surface area (Å²) < 4.78 is 14.4. The van der Waals surface area contributed by atoms with Gasteiger partial charge in [0.05, 0.1) is 11.7 Å². The molecule has 0 amide bonds. The number of carbonyl (C=O) groups excluding carboxylic acids is 1. The molecule has 0 spiro atoms. The van der Waals surface area contributed by atoms with E-state index < -0.39 is 12.0 Å². The highest BCUT2D eigenvalue weighted by molar-refractivity contribution is 9.10. The lowest BCUT2D eigenvalue weighted by Crippen LogP contribution is -2.31. The van der Waals surface area contributed by atoms with Crippen LogP contribution in [-0.4, -0.2) is 32.6 Å². The summed E-state index contributed by atoms with van der Waals surface area (Å²) in [5.41, 5.74) is 2.59. The fraction of sp³-hybridized carbons (Fsp3) is 0.320. The van der Waals surface area contributed by atoms with E-state index in [9.17, 15) is 4.79 Å². The van der Waals surface area contributed by atoms with Crippen molar-refractivity contribution in [3.63, 3.8) is 0 Å². The van der Waals surface area contributed by atoms with Crippen molar-refractivity contribution in [2.45, 2.75) is 51.6 Å². The second kappa shape index (κ2) is 11.5. The number of thioether (sulfide) groups is 1. The molecular formula is C25H25BrCl2N4O3S. The highest BCUT2D eigenvalue weighted by atomic mass is 79.9. The number of allylic oxidation sites excluding steroid dienone is 1.